The monoisotopic (exact) mass is 330 g/mol. The van der Waals surface area contributed by atoms with Crippen LogP contribution >= 0.6 is 0 Å². The average Bonchev–Trinajstić information content (AvgIpc) is 3.12. The van der Waals surface area contributed by atoms with Gasteiger partial charge in [0.1, 0.15) is 6.04 Å². The number of hydrogen-bond acceptors (Lipinski definition) is 6. The summed E-state index contributed by atoms with van der Waals surface area (Å²) >= 11 is 0. The third-order valence-corrected chi connectivity index (χ3v) is 4.10. The van der Waals surface area contributed by atoms with E-state index in [-0.39, 0.29) is 5.91 Å². The molecule has 2 aromatic heterocycles. The summed E-state index contributed by atoms with van der Waals surface area (Å²) in [4.78, 5) is 23.7. The summed E-state index contributed by atoms with van der Waals surface area (Å²) in [6.45, 7) is 8.49. The number of aromatic nitrogens is 4. The molecule has 1 unspecified atom stereocenters. The zero-order chi connectivity index (χ0) is 17.1. The first-order chi connectivity index (χ1) is 11.6. The standard InChI is InChI=1S/C16H22N6O2/c1-11-14(20-15(23)13(3)22-6-4-5-17-22)12(2)19-16(18-11)21-7-9-24-10-8-21/h4-6,13H,7-10H2,1-3H3,(H,20,23). The Hall–Kier alpha value is -2.48. The molecule has 0 aliphatic carbocycles. The van der Waals surface area contributed by atoms with E-state index in [0.29, 0.717) is 24.8 Å². The van der Waals surface area contributed by atoms with Crippen molar-refractivity contribution in [2.75, 3.05) is 36.5 Å². The molecule has 1 atom stereocenters. The largest absolute Gasteiger partial charge is 0.378 e. The molecule has 128 valence electrons. The number of amides is 1. The van der Waals surface area contributed by atoms with E-state index < -0.39 is 6.04 Å². The SMILES string of the molecule is Cc1nc(N2CCOCC2)nc(C)c1NC(=O)C(C)n1cccn1. The van der Waals surface area contributed by atoms with Gasteiger partial charge in [-0.3, -0.25) is 9.48 Å². The fourth-order valence-corrected chi connectivity index (χ4v) is 2.64. The summed E-state index contributed by atoms with van der Waals surface area (Å²) in [5.74, 6) is 0.541. The van der Waals surface area contributed by atoms with Gasteiger partial charge >= 0.3 is 0 Å². The van der Waals surface area contributed by atoms with Gasteiger partial charge in [-0.25, -0.2) is 9.97 Å². The summed E-state index contributed by atoms with van der Waals surface area (Å²) in [6.07, 6.45) is 3.42. The highest BCUT2D eigenvalue weighted by atomic mass is 16.5. The number of carbonyl (C=O) groups is 1. The number of rotatable bonds is 4. The lowest BCUT2D eigenvalue weighted by molar-refractivity contribution is -0.119. The molecule has 0 spiro atoms. The third kappa shape index (κ3) is 3.38. The van der Waals surface area contributed by atoms with Gasteiger partial charge in [-0.15, -0.1) is 0 Å². The van der Waals surface area contributed by atoms with Gasteiger partial charge < -0.3 is 15.0 Å². The van der Waals surface area contributed by atoms with Crippen LogP contribution in [0.15, 0.2) is 18.5 Å². The van der Waals surface area contributed by atoms with Crippen molar-refractivity contribution in [2.45, 2.75) is 26.8 Å². The van der Waals surface area contributed by atoms with Gasteiger partial charge in [-0.1, -0.05) is 0 Å². The van der Waals surface area contributed by atoms with Crippen LogP contribution in [0, 0.1) is 13.8 Å². The van der Waals surface area contributed by atoms with E-state index in [0.717, 1.165) is 24.5 Å². The molecular weight excluding hydrogens is 308 g/mol. The van der Waals surface area contributed by atoms with E-state index in [1.807, 2.05) is 13.8 Å². The molecular formula is C16H22N6O2. The van der Waals surface area contributed by atoms with Gasteiger partial charge in [0.15, 0.2) is 0 Å². The maximum atomic E-state index is 12.4. The van der Waals surface area contributed by atoms with Crippen molar-refractivity contribution in [2.24, 2.45) is 0 Å². The van der Waals surface area contributed by atoms with Gasteiger partial charge in [0.25, 0.3) is 0 Å². The molecule has 1 amide bonds. The Balaban J connectivity index is 1.77. The number of anilines is 2. The summed E-state index contributed by atoms with van der Waals surface area (Å²) in [7, 11) is 0. The Kier molecular flexibility index (Phi) is 4.75. The maximum Gasteiger partial charge on any atom is 0.249 e. The normalized spacial score (nSPS) is 16.0. The Morgan fingerprint density at radius 3 is 2.50 bits per heavy atom. The second-order valence-electron chi connectivity index (χ2n) is 5.82. The van der Waals surface area contributed by atoms with Crippen molar-refractivity contribution in [1.82, 2.24) is 19.7 Å². The molecule has 1 aliphatic rings. The minimum Gasteiger partial charge on any atom is -0.378 e. The number of nitrogens with zero attached hydrogens (tertiary/aromatic N) is 5. The van der Waals surface area contributed by atoms with Gasteiger partial charge in [-0.2, -0.15) is 5.10 Å². The van der Waals surface area contributed by atoms with Crippen molar-refractivity contribution < 1.29 is 9.53 Å². The number of carbonyl (C=O) groups excluding carboxylic acids is 1. The van der Waals surface area contributed by atoms with Crippen LogP contribution in [0.25, 0.3) is 0 Å². The molecule has 3 rings (SSSR count). The van der Waals surface area contributed by atoms with Crippen LogP contribution in [0.1, 0.15) is 24.4 Å². The smallest absolute Gasteiger partial charge is 0.249 e. The highest BCUT2D eigenvalue weighted by Crippen LogP contribution is 2.22. The van der Waals surface area contributed by atoms with Gasteiger partial charge in [0.2, 0.25) is 11.9 Å². The molecule has 1 N–H and O–H groups in total. The first-order valence-electron chi connectivity index (χ1n) is 8.04. The predicted octanol–water partition coefficient (Wildman–Crippen LogP) is 1.33. The van der Waals surface area contributed by atoms with E-state index in [1.54, 1.807) is 30.1 Å². The van der Waals surface area contributed by atoms with E-state index in [2.05, 4.69) is 25.3 Å². The highest BCUT2D eigenvalue weighted by molar-refractivity contribution is 5.94. The van der Waals surface area contributed by atoms with E-state index in [4.69, 9.17) is 4.74 Å². The van der Waals surface area contributed by atoms with Gasteiger partial charge in [0, 0.05) is 25.5 Å². The lowest BCUT2D eigenvalue weighted by atomic mass is 10.2. The molecule has 0 saturated carbocycles. The second-order valence-corrected chi connectivity index (χ2v) is 5.82. The van der Waals surface area contributed by atoms with Crippen molar-refractivity contribution in [1.29, 1.82) is 0 Å². The molecule has 1 saturated heterocycles. The molecule has 0 radical (unpaired) electrons. The molecule has 8 nitrogen and oxygen atoms in total. The topological polar surface area (TPSA) is 85.2 Å². The van der Waals surface area contributed by atoms with E-state index >= 15 is 0 Å². The third-order valence-electron chi connectivity index (χ3n) is 4.10. The lowest BCUT2D eigenvalue weighted by Gasteiger charge is -2.27. The molecule has 3 heterocycles. The number of nitrogens with one attached hydrogen (secondary N) is 1. The molecule has 8 heteroatoms. The molecule has 24 heavy (non-hydrogen) atoms. The highest BCUT2D eigenvalue weighted by Gasteiger charge is 2.20. The first-order valence-corrected chi connectivity index (χ1v) is 8.04. The molecule has 1 fully saturated rings. The summed E-state index contributed by atoms with van der Waals surface area (Å²) < 4.78 is 6.97. The average molecular weight is 330 g/mol. The molecule has 0 bridgehead atoms. The second kappa shape index (κ2) is 6.96. The maximum absolute atomic E-state index is 12.4. The number of morpholine rings is 1. The van der Waals surface area contributed by atoms with Crippen LogP contribution in [0.5, 0.6) is 0 Å². The summed E-state index contributed by atoms with van der Waals surface area (Å²) in [5, 5.41) is 7.03. The van der Waals surface area contributed by atoms with E-state index in [1.165, 1.54) is 0 Å². The fraction of sp³-hybridized carbons (Fsp3) is 0.500. The Bertz CT molecular complexity index is 686. The van der Waals surface area contributed by atoms with Crippen molar-refractivity contribution in [3.63, 3.8) is 0 Å². The van der Waals surface area contributed by atoms with Gasteiger partial charge in [0.05, 0.1) is 30.3 Å². The first kappa shape index (κ1) is 16.4. The van der Waals surface area contributed by atoms with E-state index in [9.17, 15) is 4.79 Å². The molecule has 2 aromatic rings. The number of hydrogen-bond donors (Lipinski definition) is 1. The van der Waals surface area contributed by atoms with Crippen LogP contribution in [-0.4, -0.2) is 52.0 Å². The number of aryl methyl sites for hydroxylation is 2. The molecule has 0 aromatic carbocycles. The van der Waals surface area contributed by atoms with Crippen LogP contribution in [-0.2, 0) is 9.53 Å². The zero-order valence-corrected chi connectivity index (χ0v) is 14.2. The summed E-state index contributed by atoms with van der Waals surface area (Å²) in [5.41, 5.74) is 2.17. The predicted molar refractivity (Wildman–Crippen MR) is 90.1 cm³/mol. The minimum absolute atomic E-state index is 0.146. The quantitative estimate of drug-likeness (QED) is 0.910. The Labute approximate surface area is 140 Å². The summed E-state index contributed by atoms with van der Waals surface area (Å²) in [6, 6.07) is 1.39. The van der Waals surface area contributed by atoms with Crippen LogP contribution in [0.3, 0.4) is 0 Å². The van der Waals surface area contributed by atoms with Crippen LogP contribution in [0.4, 0.5) is 11.6 Å². The zero-order valence-electron chi connectivity index (χ0n) is 14.2. The fourth-order valence-electron chi connectivity index (χ4n) is 2.64. The Morgan fingerprint density at radius 2 is 1.92 bits per heavy atom. The van der Waals surface area contributed by atoms with Crippen LogP contribution < -0.4 is 10.2 Å². The van der Waals surface area contributed by atoms with Crippen molar-refractivity contribution >= 4 is 17.5 Å². The van der Waals surface area contributed by atoms with Crippen LogP contribution in [0.2, 0.25) is 0 Å². The lowest BCUT2D eigenvalue weighted by Crippen LogP contribution is -2.37. The minimum atomic E-state index is -0.405. The number of ether oxygens (including phenoxy) is 1. The van der Waals surface area contributed by atoms with Gasteiger partial charge in [-0.05, 0) is 26.8 Å². The molecule has 1 aliphatic heterocycles. The Morgan fingerprint density at radius 1 is 1.25 bits per heavy atom. The van der Waals surface area contributed by atoms with Crippen molar-refractivity contribution in [3.05, 3.63) is 29.8 Å². The van der Waals surface area contributed by atoms with Crippen molar-refractivity contribution in [3.8, 4) is 0 Å².